The first kappa shape index (κ1) is 15.6. The standard InChI is InChI=1S/C14H18Cl2N2O2/c15-12-2-1-3-13(16)11(12)10-14(20)18-6-4-17(5-7-18)8-9-19/h1-3,19H,4-10H2. The Labute approximate surface area is 128 Å². The van der Waals surface area contributed by atoms with Gasteiger partial charge >= 0.3 is 0 Å². The molecule has 1 aliphatic rings. The van der Waals surface area contributed by atoms with Gasteiger partial charge in [0, 0.05) is 42.8 Å². The molecule has 4 nitrogen and oxygen atoms in total. The second-order valence-electron chi connectivity index (χ2n) is 4.82. The average Bonchev–Trinajstić information content (AvgIpc) is 2.44. The number of aliphatic hydroxyl groups excluding tert-OH is 1. The Kier molecular flexibility index (Phi) is 5.66. The van der Waals surface area contributed by atoms with Gasteiger partial charge in [-0.1, -0.05) is 29.3 Å². The Balaban J connectivity index is 1.93. The predicted molar refractivity (Wildman–Crippen MR) is 80.3 cm³/mol. The number of β-amino-alcohol motifs (C(OH)–C–C–N with tert-alkyl or cyclic N) is 1. The van der Waals surface area contributed by atoms with Crippen LogP contribution in [0.2, 0.25) is 10.0 Å². The lowest BCUT2D eigenvalue weighted by atomic mass is 10.1. The van der Waals surface area contributed by atoms with Crippen LogP contribution in [0.5, 0.6) is 0 Å². The van der Waals surface area contributed by atoms with E-state index in [9.17, 15) is 4.79 Å². The second kappa shape index (κ2) is 7.27. The van der Waals surface area contributed by atoms with E-state index in [4.69, 9.17) is 28.3 Å². The number of rotatable bonds is 4. The van der Waals surface area contributed by atoms with Gasteiger partial charge in [0.2, 0.25) is 5.91 Å². The third kappa shape index (κ3) is 3.85. The molecule has 0 aliphatic carbocycles. The van der Waals surface area contributed by atoms with Gasteiger partial charge in [0.15, 0.2) is 0 Å². The summed E-state index contributed by atoms with van der Waals surface area (Å²) in [5, 5.41) is 9.96. The Morgan fingerprint density at radius 2 is 1.75 bits per heavy atom. The summed E-state index contributed by atoms with van der Waals surface area (Å²) in [4.78, 5) is 16.2. The third-order valence-electron chi connectivity index (χ3n) is 3.53. The highest BCUT2D eigenvalue weighted by Gasteiger charge is 2.22. The third-order valence-corrected chi connectivity index (χ3v) is 4.24. The Morgan fingerprint density at radius 1 is 1.15 bits per heavy atom. The summed E-state index contributed by atoms with van der Waals surface area (Å²) in [7, 11) is 0. The molecule has 1 aromatic rings. The van der Waals surface area contributed by atoms with Gasteiger partial charge in [0.1, 0.15) is 0 Å². The van der Waals surface area contributed by atoms with Crippen LogP contribution in [0.4, 0.5) is 0 Å². The summed E-state index contributed by atoms with van der Waals surface area (Å²) in [6, 6.07) is 5.26. The van der Waals surface area contributed by atoms with Crippen LogP contribution in [0.15, 0.2) is 18.2 Å². The highest BCUT2D eigenvalue weighted by atomic mass is 35.5. The molecule has 0 spiro atoms. The van der Waals surface area contributed by atoms with E-state index in [-0.39, 0.29) is 18.9 Å². The van der Waals surface area contributed by atoms with Crippen molar-refractivity contribution in [2.45, 2.75) is 6.42 Å². The Hall–Kier alpha value is -0.810. The number of carbonyl (C=O) groups is 1. The van der Waals surface area contributed by atoms with Gasteiger partial charge in [-0.2, -0.15) is 0 Å². The van der Waals surface area contributed by atoms with E-state index >= 15 is 0 Å². The Morgan fingerprint density at radius 3 is 2.30 bits per heavy atom. The van der Waals surface area contributed by atoms with E-state index in [1.807, 2.05) is 4.90 Å². The number of piperazine rings is 1. The number of hydrogen-bond donors (Lipinski definition) is 1. The van der Waals surface area contributed by atoms with Crippen LogP contribution >= 0.6 is 23.2 Å². The fourth-order valence-corrected chi connectivity index (χ4v) is 2.86. The van der Waals surface area contributed by atoms with Gasteiger partial charge in [-0.3, -0.25) is 9.69 Å². The SMILES string of the molecule is O=C(Cc1c(Cl)cccc1Cl)N1CCN(CCO)CC1. The molecule has 20 heavy (non-hydrogen) atoms. The van der Waals surface area contributed by atoms with Gasteiger partial charge in [-0.15, -0.1) is 0 Å². The van der Waals surface area contributed by atoms with Crippen LogP contribution in [-0.4, -0.2) is 60.1 Å². The lowest BCUT2D eigenvalue weighted by molar-refractivity contribution is -0.132. The number of hydrogen-bond acceptors (Lipinski definition) is 3. The van der Waals surface area contributed by atoms with Crippen molar-refractivity contribution in [2.24, 2.45) is 0 Å². The Bertz CT molecular complexity index is 454. The molecule has 0 atom stereocenters. The van der Waals surface area contributed by atoms with Crippen LogP contribution in [0.25, 0.3) is 0 Å². The number of halogens is 2. The maximum absolute atomic E-state index is 12.3. The van der Waals surface area contributed by atoms with Crippen molar-refractivity contribution in [3.63, 3.8) is 0 Å². The summed E-state index contributed by atoms with van der Waals surface area (Å²) in [6.45, 7) is 3.77. The second-order valence-corrected chi connectivity index (χ2v) is 5.64. The molecule has 1 aliphatic heterocycles. The largest absolute Gasteiger partial charge is 0.395 e. The zero-order chi connectivity index (χ0) is 14.5. The van der Waals surface area contributed by atoms with Crippen LogP contribution in [0, 0.1) is 0 Å². The summed E-state index contributed by atoms with van der Waals surface area (Å²) in [6.07, 6.45) is 0.235. The quantitative estimate of drug-likeness (QED) is 0.919. The van der Waals surface area contributed by atoms with E-state index in [2.05, 4.69) is 4.90 Å². The smallest absolute Gasteiger partial charge is 0.227 e. The van der Waals surface area contributed by atoms with Crippen LogP contribution in [0.1, 0.15) is 5.56 Å². The fraction of sp³-hybridized carbons (Fsp3) is 0.500. The lowest BCUT2D eigenvalue weighted by Gasteiger charge is -2.34. The number of benzene rings is 1. The van der Waals surface area contributed by atoms with Crippen molar-refractivity contribution in [2.75, 3.05) is 39.3 Å². The van der Waals surface area contributed by atoms with E-state index in [1.165, 1.54) is 0 Å². The van der Waals surface area contributed by atoms with E-state index < -0.39 is 0 Å². The van der Waals surface area contributed by atoms with E-state index in [0.717, 1.165) is 13.1 Å². The topological polar surface area (TPSA) is 43.8 Å². The molecule has 1 amide bonds. The van der Waals surface area contributed by atoms with Crippen LogP contribution in [-0.2, 0) is 11.2 Å². The molecule has 1 aromatic carbocycles. The molecule has 0 radical (unpaired) electrons. The van der Waals surface area contributed by atoms with Crippen molar-refractivity contribution < 1.29 is 9.90 Å². The van der Waals surface area contributed by atoms with Gasteiger partial charge < -0.3 is 10.0 Å². The van der Waals surface area contributed by atoms with Crippen molar-refractivity contribution in [1.29, 1.82) is 0 Å². The maximum atomic E-state index is 12.3. The van der Waals surface area contributed by atoms with E-state index in [0.29, 0.717) is 35.2 Å². The molecule has 0 saturated carbocycles. The van der Waals surface area contributed by atoms with Crippen LogP contribution in [0.3, 0.4) is 0 Å². The molecule has 6 heteroatoms. The zero-order valence-electron chi connectivity index (χ0n) is 11.2. The fourth-order valence-electron chi connectivity index (χ4n) is 2.33. The first-order chi connectivity index (χ1) is 9.61. The van der Waals surface area contributed by atoms with Gasteiger partial charge in [-0.05, 0) is 17.7 Å². The summed E-state index contributed by atoms with van der Waals surface area (Å²) < 4.78 is 0. The molecule has 2 rings (SSSR count). The highest BCUT2D eigenvalue weighted by molar-refractivity contribution is 6.36. The van der Waals surface area contributed by atoms with E-state index in [1.54, 1.807) is 18.2 Å². The molecule has 0 unspecified atom stereocenters. The van der Waals surface area contributed by atoms with Crippen LogP contribution < -0.4 is 0 Å². The predicted octanol–water partition coefficient (Wildman–Crippen LogP) is 1.67. The van der Waals surface area contributed by atoms with Gasteiger partial charge in [0.25, 0.3) is 0 Å². The monoisotopic (exact) mass is 316 g/mol. The molecule has 1 fully saturated rings. The minimum atomic E-state index is 0.0450. The molecule has 1 N–H and O–H groups in total. The first-order valence-electron chi connectivity index (χ1n) is 6.65. The lowest BCUT2D eigenvalue weighted by Crippen LogP contribution is -2.49. The summed E-state index contributed by atoms with van der Waals surface area (Å²) in [5.41, 5.74) is 0.693. The van der Waals surface area contributed by atoms with Crippen molar-refractivity contribution in [3.05, 3.63) is 33.8 Å². The number of amides is 1. The highest BCUT2D eigenvalue weighted by Crippen LogP contribution is 2.25. The number of carbonyl (C=O) groups excluding carboxylic acids is 1. The molecule has 110 valence electrons. The number of aliphatic hydroxyl groups is 1. The summed E-state index contributed by atoms with van der Waals surface area (Å²) >= 11 is 12.2. The van der Waals surface area contributed by atoms with Gasteiger partial charge in [0.05, 0.1) is 13.0 Å². The van der Waals surface area contributed by atoms with Crippen molar-refractivity contribution in [1.82, 2.24) is 9.80 Å². The molecular weight excluding hydrogens is 299 g/mol. The molecule has 0 aromatic heterocycles. The molecule has 1 saturated heterocycles. The van der Waals surface area contributed by atoms with Gasteiger partial charge in [-0.25, -0.2) is 0 Å². The average molecular weight is 317 g/mol. The molecular formula is C14H18Cl2N2O2. The molecule has 0 bridgehead atoms. The zero-order valence-corrected chi connectivity index (χ0v) is 12.7. The van der Waals surface area contributed by atoms with Crippen molar-refractivity contribution in [3.8, 4) is 0 Å². The first-order valence-corrected chi connectivity index (χ1v) is 7.41. The molecule has 1 heterocycles. The number of nitrogens with zero attached hydrogens (tertiary/aromatic N) is 2. The maximum Gasteiger partial charge on any atom is 0.227 e. The van der Waals surface area contributed by atoms with Crippen molar-refractivity contribution >= 4 is 29.1 Å². The minimum absolute atomic E-state index is 0.0450. The normalized spacial score (nSPS) is 16.4. The minimum Gasteiger partial charge on any atom is -0.395 e. The summed E-state index contributed by atoms with van der Waals surface area (Å²) in [5.74, 6) is 0.0450.